The molecule has 8 heteroatoms. The number of nitrogens with one attached hydrogen (secondary N) is 1. The first-order chi connectivity index (χ1) is 14.3. The summed E-state index contributed by atoms with van der Waals surface area (Å²) < 4.78 is 26.8. The fraction of sp³-hybridized carbons (Fsp3) is 0.409. The average Bonchev–Trinajstić information content (AvgIpc) is 3.20. The summed E-state index contributed by atoms with van der Waals surface area (Å²) >= 11 is 0. The molecule has 0 radical (unpaired) electrons. The number of aliphatic hydroxyl groups is 1. The number of benzene rings is 2. The van der Waals surface area contributed by atoms with Crippen molar-refractivity contribution in [3.63, 3.8) is 0 Å². The van der Waals surface area contributed by atoms with Crippen molar-refractivity contribution < 1.29 is 23.4 Å². The monoisotopic (exact) mass is 432 g/mol. The summed E-state index contributed by atoms with van der Waals surface area (Å²) in [6, 6.07) is 15.7. The SMILES string of the molecule is Cc1ccc(S(=O)(=O)N2C[C@H]3CCCN[C@H]3C2)cc1.O=C(O)[C@@H](O)c1ccccc1. The number of carboxylic acid groups (broad SMARTS) is 1. The number of rotatable bonds is 4. The van der Waals surface area contributed by atoms with Gasteiger partial charge in [0.25, 0.3) is 0 Å². The Labute approximate surface area is 177 Å². The number of carboxylic acids is 1. The lowest BCUT2D eigenvalue weighted by molar-refractivity contribution is -0.146. The van der Waals surface area contributed by atoms with Crippen molar-refractivity contribution in [2.75, 3.05) is 19.6 Å². The van der Waals surface area contributed by atoms with Gasteiger partial charge in [-0.1, -0.05) is 48.0 Å². The molecule has 0 unspecified atom stereocenters. The lowest BCUT2D eigenvalue weighted by atomic mass is 9.94. The van der Waals surface area contributed by atoms with E-state index in [1.807, 2.05) is 19.1 Å². The minimum atomic E-state index is -3.32. The molecule has 0 saturated carbocycles. The van der Waals surface area contributed by atoms with Gasteiger partial charge in [-0.15, -0.1) is 0 Å². The third kappa shape index (κ3) is 5.26. The molecule has 0 bridgehead atoms. The third-order valence-electron chi connectivity index (χ3n) is 5.57. The summed E-state index contributed by atoms with van der Waals surface area (Å²) in [4.78, 5) is 10.7. The van der Waals surface area contributed by atoms with Crippen LogP contribution in [0.15, 0.2) is 59.5 Å². The van der Waals surface area contributed by atoms with Gasteiger partial charge in [0.15, 0.2) is 6.10 Å². The number of hydrogen-bond donors (Lipinski definition) is 3. The Morgan fingerprint density at radius 3 is 2.37 bits per heavy atom. The van der Waals surface area contributed by atoms with Crippen molar-refractivity contribution in [3.05, 3.63) is 65.7 Å². The molecule has 0 amide bonds. The number of piperidine rings is 1. The van der Waals surface area contributed by atoms with Crippen LogP contribution in [-0.4, -0.2) is 54.6 Å². The minimum absolute atomic E-state index is 0.342. The largest absolute Gasteiger partial charge is 0.479 e. The number of hydrogen-bond acceptors (Lipinski definition) is 5. The molecule has 7 nitrogen and oxygen atoms in total. The van der Waals surface area contributed by atoms with Gasteiger partial charge in [-0.2, -0.15) is 4.31 Å². The van der Waals surface area contributed by atoms with Gasteiger partial charge >= 0.3 is 5.97 Å². The van der Waals surface area contributed by atoms with Crippen molar-refractivity contribution in [1.82, 2.24) is 9.62 Å². The number of aliphatic carboxylic acids is 1. The van der Waals surface area contributed by atoms with E-state index in [0.717, 1.165) is 24.9 Å². The predicted molar refractivity (Wildman–Crippen MR) is 113 cm³/mol. The molecule has 2 fully saturated rings. The molecule has 30 heavy (non-hydrogen) atoms. The molecule has 2 saturated heterocycles. The van der Waals surface area contributed by atoms with Crippen molar-refractivity contribution in [2.24, 2.45) is 5.92 Å². The molecule has 2 aromatic carbocycles. The normalized spacial score (nSPS) is 22.5. The van der Waals surface area contributed by atoms with E-state index < -0.39 is 22.1 Å². The molecule has 3 N–H and O–H groups in total. The first-order valence-corrected chi connectivity index (χ1v) is 11.5. The van der Waals surface area contributed by atoms with Crippen LogP contribution in [-0.2, 0) is 14.8 Å². The van der Waals surface area contributed by atoms with Crippen molar-refractivity contribution in [3.8, 4) is 0 Å². The summed E-state index contributed by atoms with van der Waals surface area (Å²) in [6.07, 6.45) is 0.883. The fourth-order valence-electron chi connectivity index (χ4n) is 3.84. The minimum Gasteiger partial charge on any atom is -0.479 e. The van der Waals surface area contributed by atoms with Crippen LogP contribution >= 0.6 is 0 Å². The van der Waals surface area contributed by atoms with E-state index in [1.54, 1.807) is 46.8 Å². The molecule has 0 aromatic heterocycles. The standard InChI is InChI=1S/C14H20N2O2S.C8H8O3/c1-11-4-6-13(7-5-11)19(17,18)16-9-12-3-2-8-15-14(12)10-16;9-7(8(10)11)6-4-2-1-3-5-6/h4-7,12,14-15H,2-3,8-10H2,1H3;1-5,7,9H,(H,10,11)/t12-,14+;7-/m10/s1. The molecule has 0 aliphatic carbocycles. The predicted octanol–water partition coefficient (Wildman–Crippen LogP) is 2.17. The van der Waals surface area contributed by atoms with E-state index in [0.29, 0.717) is 35.5 Å². The Hall–Kier alpha value is -2.26. The van der Waals surface area contributed by atoms with Gasteiger partial charge in [-0.05, 0) is 49.9 Å². The summed E-state index contributed by atoms with van der Waals surface area (Å²) in [6.45, 7) is 4.25. The van der Waals surface area contributed by atoms with E-state index >= 15 is 0 Å². The van der Waals surface area contributed by atoms with Crippen molar-refractivity contribution in [2.45, 2.75) is 36.8 Å². The van der Waals surface area contributed by atoms with Gasteiger partial charge in [0, 0.05) is 19.1 Å². The summed E-state index contributed by atoms with van der Waals surface area (Å²) in [5.74, 6) is -0.745. The van der Waals surface area contributed by atoms with Crippen molar-refractivity contribution in [1.29, 1.82) is 0 Å². The molecule has 162 valence electrons. The second kappa shape index (κ2) is 9.70. The van der Waals surface area contributed by atoms with E-state index in [4.69, 9.17) is 10.2 Å². The van der Waals surface area contributed by atoms with E-state index in [9.17, 15) is 13.2 Å². The maximum Gasteiger partial charge on any atom is 0.337 e. The summed E-state index contributed by atoms with van der Waals surface area (Å²) in [5.41, 5.74) is 1.48. The number of aliphatic hydroxyl groups excluding tert-OH is 1. The number of nitrogens with zero attached hydrogens (tertiary/aromatic N) is 1. The molecule has 4 rings (SSSR count). The highest BCUT2D eigenvalue weighted by Gasteiger charge is 2.40. The van der Waals surface area contributed by atoms with Crippen LogP contribution in [0.3, 0.4) is 0 Å². The Morgan fingerprint density at radius 2 is 1.77 bits per heavy atom. The quantitative estimate of drug-likeness (QED) is 0.684. The Bertz CT molecular complexity index is 933. The zero-order valence-electron chi connectivity index (χ0n) is 16.9. The highest BCUT2D eigenvalue weighted by Crippen LogP contribution is 2.29. The number of fused-ring (bicyclic) bond motifs is 1. The fourth-order valence-corrected chi connectivity index (χ4v) is 5.36. The molecule has 3 atom stereocenters. The Morgan fingerprint density at radius 1 is 1.10 bits per heavy atom. The third-order valence-corrected chi connectivity index (χ3v) is 7.42. The molecular weight excluding hydrogens is 404 g/mol. The molecule has 2 aliphatic heterocycles. The summed E-state index contributed by atoms with van der Waals surface area (Å²) in [7, 11) is -3.32. The van der Waals surface area contributed by atoms with Crippen LogP contribution in [0, 0.1) is 12.8 Å². The second-order valence-electron chi connectivity index (χ2n) is 7.75. The van der Waals surface area contributed by atoms with Crippen LogP contribution in [0.2, 0.25) is 0 Å². The van der Waals surface area contributed by atoms with Crippen LogP contribution < -0.4 is 5.32 Å². The number of sulfonamides is 1. The number of carbonyl (C=O) groups is 1. The van der Waals surface area contributed by atoms with Crippen molar-refractivity contribution >= 4 is 16.0 Å². The molecule has 2 aromatic rings. The topological polar surface area (TPSA) is 107 Å². The lowest BCUT2D eigenvalue weighted by Gasteiger charge is -2.24. The van der Waals surface area contributed by atoms with Crippen LogP contribution in [0.1, 0.15) is 30.1 Å². The maximum atomic E-state index is 12.6. The molecule has 2 heterocycles. The molecule has 0 spiro atoms. The zero-order valence-corrected chi connectivity index (χ0v) is 17.8. The zero-order chi connectivity index (χ0) is 21.7. The van der Waals surface area contributed by atoms with Gasteiger partial charge in [-0.3, -0.25) is 0 Å². The Balaban J connectivity index is 0.000000199. The first kappa shape index (κ1) is 22.4. The van der Waals surface area contributed by atoms with Gasteiger partial charge in [0.2, 0.25) is 10.0 Å². The number of aryl methyl sites for hydroxylation is 1. The van der Waals surface area contributed by atoms with Gasteiger partial charge < -0.3 is 15.5 Å². The van der Waals surface area contributed by atoms with Gasteiger partial charge in [0.1, 0.15) is 0 Å². The highest BCUT2D eigenvalue weighted by molar-refractivity contribution is 7.89. The lowest BCUT2D eigenvalue weighted by Crippen LogP contribution is -2.41. The van der Waals surface area contributed by atoms with E-state index in [2.05, 4.69) is 5.32 Å². The maximum absolute atomic E-state index is 12.6. The Kier molecular flexibility index (Phi) is 7.25. The molecule has 2 aliphatic rings. The van der Waals surface area contributed by atoms with Crippen LogP contribution in [0.25, 0.3) is 0 Å². The van der Waals surface area contributed by atoms with E-state index in [1.165, 1.54) is 0 Å². The van der Waals surface area contributed by atoms with Gasteiger partial charge in [0.05, 0.1) is 4.90 Å². The average molecular weight is 433 g/mol. The first-order valence-electron chi connectivity index (χ1n) is 10.0. The van der Waals surface area contributed by atoms with Crippen LogP contribution in [0.4, 0.5) is 0 Å². The van der Waals surface area contributed by atoms with Gasteiger partial charge in [-0.25, -0.2) is 13.2 Å². The van der Waals surface area contributed by atoms with Crippen LogP contribution in [0.5, 0.6) is 0 Å². The highest BCUT2D eigenvalue weighted by atomic mass is 32.2. The van der Waals surface area contributed by atoms with E-state index in [-0.39, 0.29) is 0 Å². The summed E-state index contributed by atoms with van der Waals surface area (Å²) in [5, 5.41) is 20.8. The molecular formula is C22H28N2O5S. The second-order valence-corrected chi connectivity index (χ2v) is 9.69. The smallest absolute Gasteiger partial charge is 0.337 e.